The Morgan fingerprint density at radius 2 is 2.08 bits per heavy atom. The van der Waals surface area contributed by atoms with Gasteiger partial charge in [0.1, 0.15) is 11.6 Å². The molecule has 0 N–H and O–H groups in total. The number of rotatable bonds is 0. The molecule has 12 heavy (non-hydrogen) atoms. The first-order valence-electron chi connectivity index (χ1n) is 3.21. The number of fused-ring (bicyclic) bond motifs is 1. The maximum atomic E-state index is 13.2. The van der Waals surface area contributed by atoms with Gasteiger partial charge < -0.3 is 0 Å². The highest BCUT2D eigenvalue weighted by Crippen LogP contribution is 2.30. The quantitative estimate of drug-likeness (QED) is 0.620. The predicted molar refractivity (Wildman–Crippen MR) is 49.4 cm³/mol. The first-order valence-corrected chi connectivity index (χ1v) is 4.88. The van der Waals surface area contributed by atoms with E-state index in [1.807, 2.05) is 0 Å². The zero-order valence-electron chi connectivity index (χ0n) is 5.77. The Morgan fingerprint density at radius 1 is 1.33 bits per heavy atom. The van der Waals surface area contributed by atoms with E-state index in [-0.39, 0.29) is 4.47 Å². The van der Waals surface area contributed by atoms with E-state index in [0.29, 0.717) is 10.1 Å². The van der Waals surface area contributed by atoms with Gasteiger partial charge in [0, 0.05) is 10.1 Å². The molecule has 0 radical (unpaired) electrons. The average Bonchev–Trinajstić information content (AvgIpc) is 2.48. The van der Waals surface area contributed by atoms with Crippen LogP contribution in [-0.2, 0) is 0 Å². The summed E-state index contributed by atoms with van der Waals surface area (Å²) in [5, 5.41) is 2.20. The van der Waals surface area contributed by atoms with E-state index in [1.165, 1.54) is 17.4 Å². The molecule has 1 aromatic carbocycles. The van der Waals surface area contributed by atoms with Gasteiger partial charge in [-0.3, -0.25) is 0 Å². The molecule has 0 saturated carbocycles. The highest BCUT2D eigenvalue weighted by Gasteiger charge is 2.11. The van der Waals surface area contributed by atoms with Crippen molar-refractivity contribution in [1.29, 1.82) is 0 Å². The van der Waals surface area contributed by atoms with Gasteiger partial charge in [-0.05, 0) is 33.4 Å². The van der Waals surface area contributed by atoms with Crippen molar-refractivity contribution in [3.8, 4) is 0 Å². The fourth-order valence-corrected chi connectivity index (χ4v) is 2.15. The van der Waals surface area contributed by atoms with Crippen molar-refractivity contribution in [1.82, 2.24) is 0 Å². The molecule has 1 heterocycles. The Kier molecular flexibility index (Phi) is 1.88. The van der Waals surface area contributed by atoms with Gasteiger partial charge in [0.25, 0.3) is 0 Å². The lowest BCUT2D eigenvalue weighted by Gasteiger charge is -1.97. The van der Waals surface area contributed by atoms with Crippen molar-refractivity contribution in [3.63, 3.8) is 0 Å². The molecule has 0 bridgehead atoms. The molecule has 0 unspecified atom stereocenters. The number of hydrogen-bond donors (Lipinski definition) is 0. The smallest absolute Gasteiger partial charge is 0.149 e. The van der Waals surface area contributed by atoms with E-state index >= 15 is 0 Å². The molecular weight excluding hydrogens is 246 g/mol. The monoisotopic (exact) mass is 248 g/mol. The Morgan fingerprint density at radius 3 is 2.83 bits per heavy atom. The second-order valence-corrected chi connectivity index (χ2v) is 4.06. The second-order valence-electron chi connectivity index (χ2n) is 2.32. The van der Waals surface area contributed by atoms with Crippen LogP contribution in [0.3, 0.4) is 0 Å². The van der Waals surface area contributed by atoms with Crippen LogP contribution in [0.1, 0.15) is 0 Å². The topological polar surface area (TPSA) is 0 Å². The van der Waals surface area contributed by atoms with Crippen LogP contribution in [0.15, 0.2) is 22.0 Å². The SMILES string of the molecule is Fc1cc2sccc2c(F)c1Br. The highest BCUT2D eigenvalue weighted by atomic mass is 79.9. The van der Waals surface area contributed by atoms with Gasteiger partial charge in [0.15, 0.2) is 0 Å². The zero-order valence-corrected chi connectivity index (χ0v) is 8.18. The second kappa shape index (κ2) is 2.78. The molecule has 0 aliphatic rings. The lowest BCUT2D eigenvalue weighted by Crippen LogP contribution is -1.83. The molecule has 0 aliphatic heterocycles. The van der Waals surface area contributed by atoms with Gasteiger partial charge in [-0.1, -0.05) is 0 Å². The predicted octanol–water partition coefficient (Wildman–Crippen LogP) is 3.94. The maximum Gasteiger partial charge on any atom is 0.149 e. The molecule has 2 rings (SSSR count). The summed E-state index contributed by atoms with van der Waals surface area (Å²) in [5.41, 5.74) is 0. The van der Waals surface area contributed by atoms with E-state index in [2.05, 4.69) is 15.9 Å². The third kappa shape index (κ3) is 1.06. The Balaban J connectivity index is 2.94. The highest BCUT2D eigenvalue weighted by molar-refractivity contribution is 9.10. The van der Waals surface area contributed by atoms with Crippen molar-refractivity contribution in [3.05, 3.63) is 33.6 Å². The summed E-state index contributed by atoms with van der Waals surface area (Å²) in [6.45, 7) is 0. The lowest BCUT2D eigenvalue weighted by molar-refractivity contribution is 0.581. The van der Waals surface area contributed by atoms with Crippen LogP contribution in [0.5, 0.6) is 0 Å². The maximum absolute atomic E-state index is 13.2. The molecule has 0 atom stereocenters. The van der Waals surface area contributed by atoms with Gasteiger partial charge in [-0.25, -0.2) is 8.78 Å². The van der Waals surface area contributed by atoms with Crippen molar-refractivity contribution in [2.75, 3.05) is 0 Å². The van der Waals surface area contributed by atoms with Crippen LogP contribution in [-0.4, -0.2) is 0 Å². The molecule has 2 aromatic rings. The molecule has 0 spiro atoms. The Hall–Kier alpha value is -0.480. The molecule has 62 valence electrons. The van der Waals surface area contributed by atoms with E-state index < -0.39 is 11.6 Å². The number of thiophene rings is 1. The molecular formula is C8H3BrF2S. The fraction of sp³-hybridized carbons (Fsp3) is 0. The summed E-state index contributed by atoms with van der Waals surface area (Å²) in [6, 6.07) is 2.96. The van der Waals surface area contributed by atoms with Crippen molar-refractivity contribution < 1.29 is 8.78 Å². The summed E-state index contributed by atoms with van der Waals surface area (Å²) >= 11 is 4.16. The largest absolute Gasteiger partial charge is 0.206 e. The van der Waals surface area contributed by atoms with Gasteiger partial charge in [-0.2, -0.15) is 0 Å². The van der Waals surface area contributed by atoms with E-state index in [9.17, 15) is 8.78 Å². The summed E-state index contributed by atoms with van der Waals surface area (Å²) < 4.78 is 26.7. The zero-order chi connectivity index (χ0) is 8.72. The standard InChI is InChI=1S/C8H3BrF2S/c9-7-5(10)3-6-4(8(7)11)1-2-12-6/h1-3H. The van der Waals surface area contributed by atoms with Crippen molar-refractivity contribution in [2.45, 2.75) is 0 Å². The van der Waals surface area contributed by atoms with Gasteiger partial charge in [-0.15, -0.1) is 11.3 Å². The summed E-state index contributed by atoms with van der Waals surface area (Å²) in [6.07, 6.45) is 0. The van der Waals surface area contributed by atoms with Gasteiger partial charge >= 0.3 is 0 Å². The third-order valence-corrected chi connectivity index (χ3v) is 3.18. The molecule has 0 fully saturated rings. The summed E-state index contributed by atoms with van der Waals surface area (Å²) in [7, 11) is 0. The summed E-state index contributed by atoms with van der Waals surface area (Å²) in [4.78, 5) is 0. The van der Waals surface area contributed by atoms with Crippen LogP contribution in [0.25, 0.3) is 10.1 Å². The first kappa shape index (κ1) is 8.13. The van der Waals surface area contributed by atoms with Crippen LogP contribution in [0, 0.1) is 11.6 Å². The van der Waals surface area contributed by atoms with E-state index in [4.69, 9.17) is 0 Å². The van der Waals surface area contributed by atoms with Gasteiger partial charge in [0.2, 0.25) is 0 Å². The average molecular weight is 249 g/mol. The molecule has 0 saturated heterocycles. The summed E-state index contributed by atoms with van der Waals surface area (Å²) in [5.74, 6) is -1.08. The van der Waals surface area contributed by atoms with E-state index in [0.717, 1.165) is 0 Å². The molecule has 1 aromatic heterocycles. The Bertz CT molecular complexity index is 436. The van der Waals surface area contributed by atoms with Crippen LogP contribution in [0.2, 0.25) is 0 Å². The van der Waals surface area contributed by atoms with E-state index in [1.54, 1.807) is 11.4 Å². The first-order chi connectivity index (χ1) is 5.70. The van der Waals surface area contributed by atoms with Crippen LogP contribution >= 0.6 is 27.3 Å². The number of hydrogen-bond acceptors (Lipinski definition) is 1. The minimum atomic E-state index is -0.553. The normalized spacial score (nSPS) is 10.9. The molecule has 4 heteroatoms. The molecule has 0 nitrogen and oxygen atoms in total. The third-order valence-electron chi connectivity index (χ3n) is 1.59. The van der Waals surface area contributed by atoms with Crippen molar-refractivity contribution in [2.24, 2.45) is 0 Å². The minimum Gasteiger partial charge on any atom is -0.206 e. The minimum absolute atomic E-state index is 0.0894. The Labute approximate surface area is 80.0 Å². The fourth-order valence-electron chi connectivity index (χ4n) is 1.02. The van der Waals surface area contributed by atoms with Crippen LogP contribution < -0.4 is 0 Å². The number of benzene rings is 1. The van der Waals surface area contributed by atoms with Crippen LogP contribution in [0.4, 0.5) is 8.78 Å². The molecule has 0 amide bonds. The molecule has 0 aliphatic carbocycles. The van der Waals surface area contributed by atoms with Gasteiger partial charge in [0.05, 0.1) is 4.47 Å². The number of halogens is 3. The lowest BCUT2D eigenvalue weighted by atomic mass is 10.2. The van der Waals surface area contributed by atoms with Crippen molar-refractivity contribution >= 4 is 37.4 Å².